The van der Waals surface area contributed by atoms with Gasteiger partial charge in [-0.2, -0.15) is 0 Å². The molecular formula is C19H26IN5S. The van der Waals surface area contributed by atoms with E-state index in [0.29, 0.717) is 0 Å². The van der Waals surface area contributed by atoms with Gasteiger partial charge in [-0.3, -0.25) is 0 Å². The van der Waals surface area contributed by atoms with Crippen LogP contribution in [0.1, 0.15) is 24.0 Å². The van der Waals surface area contributed by atoms with Gasteiger partial charge in [-0.25, -0.2) is 9.98 Å². The maximum Gasteiger partial charge on any atom is 0.191 e. The smallest absolute Gasteiger partial charge is 0.191 e. The van der Waals surface area contributed by atoms with Crippen molar-refractivity contribution in [3.8, 4) is 0 Å². The Hall–Kier alpha value is -1.61. The van der Waals surface area contributed by atoms with E-state index in [1.54, 1.807) is 11.3 Å². The number of aliphatic imine (C=N–C) groups is 1. The first-order chi connectivity index (χ1) is 12.3. The minimum atomic E-state index is 0. The third-order valence-electron chi connectivity index (χ3n) is 4.01. The molecule has 0 atom stereocenters. The Morgan fingerprint density at radius 1 is 1.19 bits per heavy atom. The minimum absolute atomic E-state index is 0. The molecule has 7 heteroatoms. The lowest BCUT2D eigenvalue weighted by Crippen LogP contribution is -2.38. The van der Waals surface area contributed by atoms with Crippen LogP contribution in [-0.2, 0) is 13.1 Å². The third kappa shape index (κ3) is 5.44. The highest BCUT2D eigenvalue weighted by molar-refractivity contribution is 14.0. The predicted octanol–water partition coefficient (Wildman–Crippen LogP) is 4.17. The monoisotopic (exact) mass is 483 g/mol. The summed E-state index contributed by atoms with van der Waals surface area (Å²) in [5, 5.41) is 8.81. The molecule has 0 amide bonds. The summed E-state index contributed by atoms with van der Waals surface area (Å²) in [5.74, 6) is 1.95. The number of thiophene rings is 1. The number of aromatic nitrogens is 2. The standard InChI is InChI=1S/C19H25N5S.HI/c1-3-20-19(22-14-16-8-6-13-25-16)21-11-7-12-24-15(2)23-17-9-4-5-10-18(17)24;/h4-6,8-10,13H,3,7,11-12,14H2,1-2H3,(H2,20,21,22);1H. The van der Waals surface area contributed by atoms with Crippen molar-refractivity contribution in [1.82, 2.24) is 20.2 Å². The Balaban J connectivity index is 0.00000243. The fourth-order valence-corrected chi connectivity index (χ4v) is 3.45. The summed E-state index contributed by atoms with van der Waals surface area (Å²) in [4.78, 5) is 10.5. The zero-order valence-electron chi connectivity index (χ0n) is 15.2. The average Bonchev–Trinajstić information content (AvgIpc) is 3.24. The summed E-state index contributed by atoms with van der Waals surface area (Å²) >= 11 is 1.74. The summed E-state index contributed by atoms with van der Waals surface area (Å²) in [6, 6.07) is 12.5. The van der Waals surface area contributed by atoms with Crippen LogP contribution in [0.15, 0.2) is 46.8 Å². The number of hydrogen-bond donors (Lipinski definition) is 2. The number of imidazole rings is 1. The van der Waals surface area contributed by atoms with Gasteiger partial charge in [-0.1, -0.05) is 18.2 Å². The molecule has 0 spiro atoms. The van der Waals surface area contributed by atoms with Crippen molar-refractivity contribution in [2.24, 2.45) is 4.99 Å². The van der Waals surface area contributed by atoms with Crippen LogP contribution in [-0.4, -0.2) is 28.6 Å². The van der Waals surface area contributed by atoms with Crippen LogP contribution in [0, 0.1) is 6.92 Å². The second kappa shape index (κ2) is 10.5. The number of nitrogens with one attached hydrogen (secondary N) is 2. The number of nitrogens with zero attached hydrogens (tertiary/aromatic N) is 3. The Bertz CT molecular complexity index is 826. The van der Waals surface area contributed by atoms with Gasteiger partial charge in [0.2, 0.25) is 0 Å². The number of fused-ring (bicyclic) bond motifs is 1. The molecule has 0 aliphatic rings. The van der Waals surface area contributed by atoms with E-state index in [4.69, 9.17) is 0 Å². The highest BCUT2D eigenvalue weighted by Crippen LogP contribution is 2.15. The molecule has 140 valence electrons. The minimum Gasteiger partial charge on any atom is -0.357 e. The molecule has 0 bridgehead atoms. The lowest BCUT2D eigenvalue weighted by molar-refractivity contribution is 0.624. The Kier molecular flexibility index (Phi) is 8.37. The summed E-state index contributed by atoms with van der Waals surface area (Å²) in [6.45, 7) is 7.56. The van der Waals surface area contributed by atoms with Gasteiger partial charge in [0.25, 0.3) is 0 Å². The SMILES string of the molecule is CCNC(=NCc1cccs1)NCCCn1c(C)nc2ccccc21.I. The fraction of sp³-hybridized carbons (Fsp3) is 0.368. The molecule has 26 heavy (non-hydrogen) atoms. The van der Waals surface area contributed by atoms with Gasteiger partial charge in [-0.15, -0.1) is 35.3 Å². The van der Waals surface area contributed by atoms with Gasteiger partial charge < -0.3 is 15.2 Å². The van der Waals surface area contributed by atoms with Crippen LogP contribution in [0.3, 0.4) is 0 Å². The molecular weight excluding hydrogens is 457 g/mol. The summed E-state index contributed by atoms with van der Waals surface area (Å²) in [6.07, 6.45) is 1.02. The van der Waals surface area contributed by atoms with E-state index in [9.17, 15) is 0 Å². The number of hydrogen-bond acceptors (Lipinski definition) is 3. The van der Waals surface area contributed by atoms with Crippen LogP contribution in [0.2, 0.25) is 0 Å². The number of aryl methyl sites for hydroxylation is 2. The van der Waals surface area contributed by atoms with Crippen LogP contribution >= 0.6 is 35.3 Å². The van der Waals surface area contributed by atoms with E-state index in [2.05, 4.69) is 74.7 Å². The second-order valence-corrected chi connectivity index (χ2v) is 6.89. The molecule has 5 nitrogen and oxygen atoms in total. The first-order valence-corrected chi connectivity index (χ1v) is 9.62. The zero-order valence-corrected chi connectivity index (χ0v) is 18.4. The number of rotatable bonds is 7. The molecule has 0 saturated carbocycles. The molecule has 3 aromatic rings. The number of benzene rings is 1. The van der Waals surface area contributed by atoms with Crippen molar-refractivity contribution in [3.05, 3.63) is 52.5 Å². The topological polar surface area (TPSA) is 54.2 Å². The molecule has 2 N–H and O–H groups in total. The normalized spacial score (nSPS) is 11.4. The van der Waals surface area contributed by atoms with E-state index in [-0.39, 0.29) is 24.0 Å². The first-order valence-electron chi connectivity index (χ1n) is 8.74. The zero-order chi connectivity index (χ0) is 17.5. The van der Waals surface area contributed by atoms with Crippen molar-refractivity contribution in [1.29, 1.82) is 0 Å². The quantitative estimate of drug-likeness (QED) is 0.230. The van der Waals surface area contributed by atoms with Gasteiger partial charge in [-0.05, 0) is 43.8 Å². The van der Waals surface area contributed by atoms with Crippen molar-refractivity contribution < 1.29 is 0 Å². The predicted molar refractivity (Wildman–Crippen MR) is 122 cm³/mol. The summed E-state index contributed by atoms with van der Waals surface area (Å²) in [5.41, 5.74) is 2.28. The van der Waals surface area contributed by atoms with Crippen molar-refractivity contribution >= 4 is 52.3 Å². The number of halogens is 1. The lowest BCUT2D eigenvalue weighted by Gasteiger charge is -2.12. The maximum absolute atomic E-state index is 4.64. The second-order valence-electron chi connectivity index (χ2n) is 5.85. The van der Waals surface area contributed by atoms with Gasteiger partial charge in [0.15, 0.2) is 5.96 Å². The molecule has 0 fully saturated rings. The molecule has 2 aromatic heterocycles. The maximum atomic E-state index is 4.64. The van der Waals surface area contributed by atoms with Crippen LogP contribution in [0.25, 0.3) is 11.0 Å². The van der Waals surface area contributed by atoms with Gasteiger partial charge in [0.1, 0.15) is 5.82 Å². The highest BCUT2D eigenvalue weighted by atomic mass is 127. The van der Waals surface area contributed by atoms with Gasteiger partial charge >= 0.3 is 0 Å². The Morgan fingerprint density at radius 2 is 2.04 bits per heavy atom. The highest BCUT2D eigenvalue weighted by Gasteiger charge is 2.06. The average molecular weight is 483 g/mol. The van der Waals surface area contributed by atoms with E-state index >= 15 is 0 Å². The van der Waals surface area contributed by atoms with E-state index < -0.39 is 0 Å². The fourth-order valence-electron chi connectivity index (χ4n) is 2.82. The van der Waals surface area contributed by atoms with Crippen LogP contribution in [0.5, 0.6) is 0 Å². The van der Waals surface area contributed by atoms with Crippen molar-refractivity contribution in [2.75, 3.05) is 13.1 Å². The molecule has 1 aromatic carbocycles. The van der Waals surface area contributed by atoms with Gasteiger partial charge in [0.05, 0.1) is 17.6 Å². The molecule has 0 saturated heterocycles. The third-order valence-corrected chi connectivity index (χ3v) is 4.87. The molecule has 3 rings (SSSR count). The van der Waals surface area contributed by atoms with Crippen molar-refractivity contribution in [3.63, 3.8) is 0 Å². The molecule has 0 aliphatic heterocycles. The Morgan fingerprint density at radius 3 is 2.81 bits per heavy atom. The molecule has 0 radical (unpaired) electrons. The Labute approximate surface area is 176 Å². The molecule has 0 aliphatic carbocycles. The number of para-hydroxylation sites is 2. The van der Waals surface area contributed by atoms with Crippen molar-refractivity contribution in [2.45, 2.75) is 33.4 Å². The summed E-state index contributed by atoms with van der Waals surface area (Å²) < 4.78 is 2.28. The van der Waals surface area contributed by atoms with E-state index in [1.807, 2.05) is 6.07 Å². The number of guanidine groups is 1. The van der Waals surface area contributed by atoms with Crippen LogP contribution < -0.4 is 10.6 Å². The van der Waals surface area contributed by atoms with E-state index in [1.165, 1.54) is 10.4 Å². The first kappa shape index (κ1) is 20.7. The summed E-state index contributed by atoms with van der Waals surface area (Å²) in [7, 11) is 0. The lowest BCUT2D eigenvalue weighted by atomic mass is 10.3. The molecule has 0 unspecified atom stereocenters. The van der Waals surface area contributed by atoms with Gasteiger partial charge in [0, 0.05) is 24.5 Å². The van der Waals surface area contributed by atoms with Crippen LogP contribution in [0.4, 0.5) is 0 Å². The largest absolute Gasteiger partial charge is 0.357 e. The van der Waals surface area contributed by atoms with E-state index in [0.717, 1.165) is 49.9 Å². The molecule has 2 heterocycles.